The van der Waals surface area contributed by atoms with Crippen molar-refractivity contribution in [2.24, 2.45) is 23.7 Å². The molecular formula is C18H17ClN2O4. The Balaban J connectivity index is 1.48. The lowest BCUT2D eigenvalue weighted by Crippen LogP contribution is -2.39. The molecular weight excluding hydrogens is 344 g/mol. The predicted octanol–water partition coefficient (Wildman–Crippen LogP) is 2.09. The highest BCUT2D eigenvalue weighted by atomic mass is 35.5. The molecule has 2 fully saturated rings. The Hall–Kier alpha value is -2.34. The smallest absolute Gasteiger partial charge is 0.244 e. The average Bonchev–Trinajstić information content (AvgIpc) is 3.25. The molecule has 1 aliphatic heterocycles. The first-order valence-corrected chi connectivity index (χ1v) is 8.54. The van der Waals surface area contributed by atoms with Gasteiger partial charge < -0.3 is 10.1 Å². The third-order valence-corrected chi connectivity index (χ3v) is 5.53. The molecule has 0 radical (unpaired) electrons. The van der Waals surface area contributed by atoms with Gasteiger partial charge in [0.25, 0.3) is 0 Å². The number of ether oxygens (including phenoxy) is 1. The van der Waals surface area contributed by atoms with Crippen LogP contribution >= 0.6 is 11.6 Å². The number of carbonyl (C=O) groups excluding carboxylic acids is 3. The number of methoxy groups -OCH3 is 1. The summed E-state index contributed by atoms with van der Waals surface area (Å²) in [6.45, 7) is -0.292. The van der Waals surface area contributed by atoms with Gasteiger partial charge in [-0.2, -0.15) is 0 Å². The predicted molar refractivity (Wildman–Crippen MR) is 91.1 cm³/mol. The minimum atomic E-state index is -0.456. The number of hydrogen-bond acceptors (Lipinski definition) is 4. The first-order chi connectivity index (χ1) is 12.0. The van der Waals surface area contributed by atoms with Crippen molar-refractivity contribution in [3.63, 3.8) is 0 Å². The van der Waals surface area contributed by atoms with Gasteiger partial charge in [0.05, 0.1) is 24.6 Å². The molecule has 4 atom stereocenters. The zero-order chi connectivity index (χ0) is 17.7. The average molecular weight is 361 g/mol. The Bertz CT molecular complexity index is 776. The van der Waals surface area contributed by atoms with E-state index in [2.05, 4.69) is 5.32 Å². The molecule has 4 rings (SSSR count). The van der Waals surface area contributed by atoms with Crippen LogP contribution in [0.2, 0.25) is 5.02 Å². The van der Waals surface area contributed by atoms with Crippen molar-refractivity contribution in [3.05, 3.63) is 35.4 Å². The number of rotatable bonds is 4. The molecule has 25 heavy (non-hydrogen) atoms. The highest BCUT2D eigenvalue weighted by molar-refractivity contribution is 6.31. The summed E-state index contributed by atoms with van der Waals surface area (Å²) in [5.74, 6) is -0.800. The quantitative estimate of drug-likeness (QED) is 0.659. The third-order valence-electron chi connectivity index (χ3n) is 5.30. The molecule has 1 aromatic carbocycles. The van der Waals surface area contributed by atoms with Gasteiger partial charge in [0, 0.05) is 5.02 Å². The van der Waals surface area contributed by atoms with Gasteiger partial charge in [-0.05, 0) is 36.5 Å². The second kappa shape index (κ2) is 5.88. The number of nitrogens with zero attached hydrogens (tertiary/aromatic N) is 1. The van der Waals surface area contributed by atoms with Gasteiger partial charge in [-0.25, -0.2) is 0 Å². The van der Waals surface area contributed by atoms with Crippen molar-refractivity contribution in [1.29, 1.82) is 0 Å². The van der Waals surface area contributed by atoms with Crippen LogP contribution in [0.1, 0.15) is 6.42 Å². The van der Waals surface area contributed by atoms with Crippen LogP contribution in [-0.2, 0) is 14.4 Å². The molecule has 7 heteroatoms. The van der Waals surface area contributed by atoms with E-state index in [4.69, 9.17) is 16.3 Å². The summed E-state index contributed by atoms with van der Waals surface area (Å²) in [6.07, 6.45) is 4.92. The lowest BCUT2D eigenvalue weighted by Gasteiger charge is -2.17. The summed E-state index contributed by atoms with van der Waals surface area (Å²) in [4.78, 5) is 38.7. The van der Waals surface area contributed by atoms with E-state index >= 15 is 0 Å². The number of hydrogen-bond donors (Lipinski definition) is 1. The van der Waals surface area contributed by atoms with Crippen LogP contribution in [0.3, 0.4) is 0 Å². The number of likely N-dealkylation sites (tertiary alicyclic amines) is 1. The van der Waals surface area contributed by atoms with E-state index in [1.54, 1.807) is 18.2 Å². The van der Waals surface area contributed by atoms with Gasteiger partial charge in [0.1, 0.15) is 12.3 Å². The molecule has 3 amide bonds. The van der Waals surface area contributed by atoms with E-state index in [1.165, 1.54) is 7.11 Å². The molecule has 0 unspecified atom stereocenters. The number of allylic oxidation sites excluding steroid dienone is 2. The second-order valence-electron chi connectivity index (χ2n) is 6.66. The Kier molecular flexibility index (Phi) is 3.80. The summed E-state index contributed by atoms with van der Waals surface area (Å²) in [5.41, 5.74) is 0.404. The minimum Gasteiger partial charge on any atom is -0.495 e. The fourth-order valence-corrected chi connectivity index (χ4v) is 4.40. The van der Waals surface area contributed by atoms with Crippen molar-refractivity contribution in [2.45, 2.75) is 6.42 Å². The Morgan fingerprint density at radius 1 is 1.24 bits per heavy atom. The molecule has 130 valence electrons. The van der Waals surface area contributed by atoms with Crippen molar-refractivity contribution >= 4 is 35.0 Å². The molecule has 1 N–H and O–H groups in total. The van der Waals surface area contributed by atoms with Crippen LogP contribution in [0.4, 0.5) is 5.69 Å². The number of imide groups is 1. The highest BCUT2D eigenvalue weighted by Gasteiger charge is 2.59. The molecule has 2 aliphatic carbocycles. The molecule has 6 nitrogen and oxygen atoms in total. The van der Waals surface area contributed by atoms with E-state index < -0.39 is 5.91 Å². The van der Waals surface area contributed by atoms with Crippen LogP contribution in [0.15, 0.2) is 30.4 Å². The van der Waals surface area contributed by atoms with Crippen LogP contribution < -0.4 is 10.1 Å². The molecule has 3 aliphatic rings. The summed E-state index contributed by atoms with van der Waals surface area (Å²) in [7, 11) is 1.48. The van der Waals surface area contributed by atoms with Gasteiger partial charge in [-0.15, -0.1) is 0 Å². The number of anilines is 1. The summed E-state index contributed by atoms with van der Waals surface area (Å²) in [5, 5.41) is 3.11. The van der Waals surface area contributed by atoms with Gasteiger partial charge in [0.15, 0.2) is 0 Å². The Labute approximate surface area is 149 Å². The molecule has 1 saturated heterocycles. The van der Waals surface area contributed by atoms with Gasteiger partial charge in [0.2, 0.25) is 17.7 Å². The summed E-state index contributed by atoms with van der Waals surface area (Å²) in [6, 6.07) is 4.84. The first-order valence-electron chi connectivity index (χ1n) is 8.16. The zero-order valence-electron chi connectivity index (χ0n) is 13.6. The first kappa shape index (κ1) is 16.1. The summed E-state index contributed by atoms with van der Waals surface area (Å²) >= 11 is 5.95. The number of fused-ring (bicyclic) bond motifs is 5. The topological polar surface area (TPSA) is 75.7 Å². The maximum absolute atomic E-state index is 12.6. The van der Waals surface area contributed by atoms with Crippen molar-refractivity contribution in [1.82, 2.24) is 4.90 Å². The van der Waals surface area contributed by atoms with E-state index in [0.29, 0.717) is 16.5 Å². The van der Waals surface area contributed by atoms with Crippen molar-refractivity contribution < 1.29 is 19.1 Å². The fourth-order valence-electron chi connectivity index (χ4n) is 4.23. The second-order valence-corrected chi connectivity index (χ2v) is 7.09. The minimum absolute atomic E-state index is 0.132. The van der Waals surface area contributed by atoms with E-state index in [-0.39, 0.29) is 42.0 Å². The number of halogens is 1. The lowest BCUT2D eigenvalue weighted by molar-refractivity contribution is -0.143. The summed E-state index contributed by atoms with van der Waals surface area (Å²) < 4.78 is 5.18. The van der Waals surface area contributed by atoms with E-state index in [0.717, 1.165) is 11.3 Å². The van der Waals surface area contributed by atoms with E-state index in [1.807, 2.05) is 12.2 Å². The molecule has 1 aromatic rings. The lowest BCUT2D eigenvalue weighted by atomic mass is 9.85. The molecule has 0 spiro atoms. The monoisotopic (exact) mass is 360 g/mol. The normalized spacial score (nSPS) is 29.3. The largest absolute Gasteiger partial charge is 0.495 e. The van der Waals surface area contributed by atoms with Crippen molar-refractivity contribution in [3.8, 4) is 5.75 Å². The molecule has 1 saturated carbocycles. The van der Waals surface area contributed by atoms with Gasteiger partial charge >= 0.3 is 0 Å². The molecule has 0 aromatic heterocycles. The maximum atomic E-state index is 12.6. The SMILES string of the molecule is COc1ccc(Cl)cc1NC(=O)CN1C(=O)[C@@H]2[C@H](C1=O)[C@@H]1C=C[C@H]2C1. The zero-order valence-corrected chi connectivity index (χ0v) is 14.3. The van der Waals surface area contributed by atoms with E-state index in [9.17, 15) is 14.4 Å². The maximum Gasteiger partial charge on any atom is 0.244 e. The third kappa shape index (κ3) is 2.52. The molecule has 1 heterocycles. The molecule has 2 bridgehead atoms. The van der Waals surface area contributed by atoms with Gasteiger partial charge in [-0.3, -0.25) is 19.3 Å². The van der Waals surface area contributed by atoms with Crippen LogP contribution in [0.25, 0.3) is 0 Å². The van der Waals surface area contributed by atoms with Gasteiger partial charge in [-0.1, -0.05) is 23.8 Å². The highest BCUT2D eigenvalue weighted by Crippen LogP contribution is 2.52. The number of amides is 3. The van der Waals surface area contributed by atoms with Crippen LogP contribution in [0.5, 0.6) is 5.75 Å². The number of carbonyl (C=O) groups is 3. The fraction of sp³-hybridized carbons (Fsp3) is 0.389. The Morgan fingerprint density at radius 2 is 1.88 bits per heavy atom. The Morgan fingerprint density at radius 3 is 2.48 bits per heavy atom. The van der Waals surface area contributed by atoms with Crippen LogP contribution in [0, 0.1) is 23.7 Å². The number of benzene rings is 1. The standard InChI is InChI=1S/C18H17ClN2O4/c1-25-13-5-4-11(19)7-12(13)20-14(22)8-21-17(23)15-9-2-3-10(6-9)16(15)18(21)24/h2-5,7,9-10,15-16H,6,8H2,1H3,(H,20,22)/t9-,10+,15-,16+. The van der Waals surface area contributed by atoms with Crippen molar-refractivity contribution in [2.75, 3.05) is 19.0 Å². The number of nitrogens with one attached hydrogen (secondary N) is 1. The van der Waals surface area contributed by atoms with Crippen LogP contribution in [-0.4, -0.2) is 36.3 Å².